The molecule has 146 valence electrons. The maximum absolute atomic E-state index is 11.9. The first-order valence-corrected chi connectivity index (χ1v) is 10.8. The predicted molar refractivity (Wildman–Crippen MR) is 105 cm³/mol. The van der Waals surface area contributed by atoms with E-state index in [4.69, 9.17) is 16.0 Å². The van der Waals surface area contributed by atoms with Crippen LogP contribution in [0.15, 0.2) is 27.2 Å². The van der Waals surface area contributed by atoms with Crippen molar-refractivity contribution in [1.82, 2.24) is 20.4 Å². The van der Waals surface area contributed by atoms with Crippen molar-refractivity contribution < 1.29 is 14.0 Å². The van der Waals surface area contributed by atoms with E-state index in [1.54, 1.807) is 12.3 Å². The minimum Gasteiger partial charge on any atom is -0.467 e. The van der Waals surface area contributed by atoms with Gasteiger partial charge in [0.05, 0.1) is 18.6 Å². The van der Waals surface area contributed by atoms with Gasteiger partial charge in [-0.1, -0.05) is 23.1 Å². The summed E-state index contributed by atoms with van der Waals surface area (Å²) in [5.41, 5.74) is 0. The van der Waals surface area contributed by atoms with Crippen molar-refractivity contribution in [3.8, 4) is 0 Å². The van der Waals surface area contributed by atoms with Crippen LogP contribution in [0.3, 0.4) is 0 Å². The van der Waals surface area contributed by atoms with Gasteiger partial charge >= 0.3 is 0 Å². The summed E-state index contributed by atoms with van der Waals surface area (Å²) in [4.78, 5) is 27.7. The molecule has 1 aliphatic heterocycles. The lowest BCUT2D eigenvalue weighted by Crippen LogP contribution is -2.48. The van der Waals surface area contributed by atoms with Crippen molar-refractivity contribution in [1.29, 1.82) is 0 Å². The molecule has 1 fully saturated rings. The van der Waals surface area contributed by atoms with Crippen LogP contribution in [0.4, 0.5) is 5.13 Å². The number of alkyl halides is 1. The van der Waals surface area contributed by atoms with Crippen molar-refractivity contribution in [3.05, 3.63) is 24.2 Å². The Morgan fingerprint density at radius 2 is 2.11 bits per heavy atom. The molecule has 0 unspecified atom stereocenters. The molecule has 0 spiro atoms. The van der Waals surface area contributed by atoms with E-state index in [-0.39, 0.29) is 17.6 Å². The second-order valence-corrected chi connectivity index (χ2v) is 8.36. The SMILES string of the molecule is O=C(CSc1nnc(N2CCN(C(=O)CCCl)CC2)s1)NCc1ccco1. The standard InChI is InChI=1S/C16H20ClN5O3S2/c17-4-3-14(24)21-5-7-22(8-6-21)15-19-20-16(27-15)26-11-13(23)18-10-12-2-1-9-25-12/h1-2,9H,3-8,10-11H2,(H,18,23). The van der Waals surface area contributed by atoms with Gasteiger partial charge in [-0.3, -0.25) is 9.59 Å². The molecule has 27 heavy (non-hydrogen) atoms. The average molecular weight is 430 g/mol. The molecular weight excluding hydrogens is 410 g/mol. The molecule has 0 aromatic carbocycles. The van der Waals surface area contributed by atoms with Crippen LogP contribution in [0.5, 0.6) is 0 Å². The Labute approximate surface area is 170 Å². The largest absolute Gasteiger partial charge is 0.467 e. The maximum atomic E-state index is 11.9. The fourth-order valence-electron chi connectivity index (χ4n) is 2.55. The summed E-state index contributed by atoms with van der Waals surface area (Å²) in [6.07, 6.45) is 1.95. The molecule has 8 nitrogen and oxygen atoms in total. The molecule has 0 radical (unpaired) electrons. The van der Waals surface area contributed by atoms with Crippen LogP contribution in [0.25, 0.3) is 0 Å². The van der Waals surface area contributed by atoms with Gasteiger partial charge in [0, 0.05) is 38.5 Å². The number of piperazine rings is 1. The molecule has 1 aliphatic rings. The first-order chi connectivity index (χ1) is 13.2. The number of nitrogens with one attached hydrogen (secondary N) is 1. The second-order valence-electron chi connectivity index (χ2n) is 5.80. The highest BCUT2D eigenvalue weighted by Gasteiger charge is 2.23. The zero-order chi connectivity index (χ0) is 19.1. The van der Waals surface area contributed by atoms with Gasteiger partial charge in [0.2, 0.25) is 16.9 Å². The Kier molecular flexibility index (Phi) is 7.36. The van der Waals surface area contributed by atoms with Crippen LogP contribution in [-0.4, -0.2) is 64.7 Å². The Balaban J connectivity index is 1.41. The summed E-state index contributed by atoms with van der Waals surface area (Å²) >= 11 is 8.45. The number of hydrogen-bond donors (Lipinski definition) is 1. The molecule has 0 bridgehead atoms. The first-order valence-electron chi connectivity index (χ1n) is 8.50. The lowest BCUT2D eigenvalue weighted by molar-refractivity contribution is -0.131. The van der Waals surface area contributed by atoms with Crippen LogP contribution in [0.2, 0.25) is 0 Å². The normalized spacial score (nSPS) is 14.4. The van der Waals surface area contributed by atoms with Crippen molar-refractivity contribution in [2.24, 2.45) is 0 Å². The highest BCUT2D eigenvalue weighted by atomic mass is 35.5. The number of halogens is 1. The Hall–Kier alpha value is -1.78. The van der Waals surface area contributed by atoms with Crippen LogP contribution in [0, 0.1) is 0 Å². The van der Waals surface area contributed by atoms with Crippen LogP contribution < -0.4 is 10.2 Å². The fraction of sp³-hybridized carbons (Fsp3) is 0.500. The van der Waals surface area contributed by atoms with E-state index in [1.165, 1.54) is 23.1 Å². The van der Waals surface area contributed by atoms with Crippen molar-refractivity contribution in [2.75, 3.05) is 42.7 Å². The Bertz CT molecular complexity index is 747. The van der Waals surface area contributed by atoms with Gasteiger partial charge in [-0.2, -0.15) is 0 Å². The summed E-state index contributed by atoms with van der Waals surface area (Å²) in [7, 11) is 0. The fourth-order valence-corrected chi connectivity index (χ4v) is 4.44. The summed E-state index contributed by atoms with van der Waals surface area (Å²) in [6, 6.07) is 3.60. The summed E-state index contributed by atoms with van der Waals surface area (Å²) in [5.74, 6) is 1.36. The molecule has 0 atom stereocenters. The number of anilines is 1. The monoisotopic (exact) mass is 429 g/mol. The third-order valence-electron chi connectivity index (χ3n) is 3.97. The minimum absolute atomic E-state index is 0.0837. The van der Waals surface area contributed by atoms with E-state index in [0.717, 1.165) is 28.3 Å². The quantitative estimate of drug-likeness (QED) is 0.505. The summed E-state index contributed by atoms with van der Waals surface area (Å²) in [5, 5.41) is 12.0. The Morgan fingerprint density at radius 1 is 1.30 bits per heavy atom. The predicted octanol–water partition coefficient (Wildman–Crippen LogP) is 1.82. The number of nitrogens with zero attached hydrogens (tertiary/aromatic N) is 4. The number of hydrogen-bond acceptors (Lipinski definition) is 8. The number of rotatable bonds is 8. The highest BCUT2D eigenvalue weighted by molar-refractivity contribution is 8.01. The van der Waals surface area contributed by atoms with Crippen LogP contribution in [-0.2, 0) is 16.1 Å². The molecule has 3 rings (SSSR count). The van der Waals surface area contributed by atoms with Gasteiger partial charge in [0.25, 0.3) is 0 Å². The number of carbonyl (C=O) groups is 2. The number of aromatic nitrogens is 2. The van der Waals surface area contributed by atoms with E-state index in [2.05, 4.69) is 20.4 Å². The Morgan fingerprint density at radius 3 is 2.81 bits per heavy atom. The van der Waals surface area contributed by atoms with Gasteiger partial charge in [-0.15, -0.1) is 21.8 Å². The summed E-state index contributed by atoms with van der Waals surface area (Å²) < 4.78 is 5.92. The molecule has 1 saturated heterocycles. The van der Waals surface area contributed by atoms with Gasteiger partial charge in [0.15, 0.2) is 4.34 Å². The molecular formula is C16H20ClN5O3S2. The lowest BCUT2D eigenvalue weighted by Gasteiger charge is -2.34. The van der Waals surface area contributed by atoms with E-state index in [9.17, 15) is 9.59 Å². The lowest BCUT2D eigenvalue weighted by atomic mass is 10.3. The minimum atomic E-state index is -0.0837. The topological polar surface area (TPSA) is 91.6 Å². The number of amides is 2. The van der Waals surface area contributed by atoms with Crippen molar-refractivity contribution >= 4 is 51.6 Å². The van der Waals surface area contributed by atoms with E-state index < -0.39 is 0 Å². The molecule has 1 N–H and O–H groups in total. The van der Waals surface area contributed by atoms with E-state index >= 15 is 0 Å². The molecule has 2 amide bonds. The second kappa shape index (κ2) is 9.95. The first kappa shape index (κ1) is 20.0. The molecule has 0 aliphatic carbocycles. The van der Waals surface area contributed by atoms with Gasteiger partial charge < -0.3 is 19.5 Å². The third kappa shape index (κ3) is 5.85. The number of thioether (sulfide) groups is 1. The van der Waals surface area contributed by atoms with E-state index in [0.29, 0.717) is 31.9 Å². The molecule has 2 aromatic rings. The number of carbonyl (C=O) groups excluding carboxylic acids is 2. The van der Waals surface area contributed by atoms with Gasteiger partial charge in [-0.05, 0) is 12.1 Å². The molecule has 11 heteroatoms. The highest BCUT2D eigenvalue weighted by Crippen LogP contribution is 2.28. The van der Waals surface area contributed by atoms with Gasteiger partial charge in [-0.25, -0.2) is 0 Å². The van der Waals surface area contributed by atoms with Crippen LogP contribution in [0.1, 0.15) is 12.2 Å². The maximum Gasteiger partial charge on any atom is 0.230 e. The average Bonchev–Trinajstić information content (AvgIpc) is 3.37. The third-order valence-corrected chi connectivity index (χ3v) is 6.28. The number of furan rings is 1. The molecule has 2 aromatic heterocycles. The summed E-state index contributed by atoms with van der Waals surface area (Å²) in [6.45, 7) is 3.13. The van der Waals surface area contributed by atoms with Gasteiger partial charge in [0.1, 0.15) is 5.76 Å². The molecule has 0 saturated carbocycles. The smallest absolute Gasteiger partial charge is 0.230 e. The zero-order valence-electron chi connectivity index (χ0n) is 14.6. The van der Waals surface area contributed by atoms with Crippen LogP contribution >= 0.6 is 34.7 Å². The van der Waals surface area contributed by atoms with E-state index in [1.807, 2.05) is 11.0 Å². The van der Waals surface area contributed by atoms with Crippen molar-refractivity contribution in [2.45, 2.75) is 17.3 Å². The van der Waals surface area contributed by atoms with Crippen molar-refractivity contribution in [3.63, 3.8) is 0 Å². The molecule has 3 heterocycles. The zero-order valence-corrected chi connectivity index (χ0v) is 17.0.